The minimum Gasteiger partial charge on any atom is -0.366 e. The monoisotopic (exact) mass is 391 g/mol. The number of aromatic nitrogens is 4. The number of rotatable bonds is 4. The molecule has 2 aromatic heterocycles. The van der Waals surface area contributed by atoms with Crippen molar-refractivity contribution in [2.45, 2.75) is 13.0 Å². The third-order valence-electron chi connectivity index (χ3n) is 4.90. The molecule has 0 saturated carbocycles. The Bertz CT molecular complexity index is 1100. The highest BCUT2D eigenvalue weighted by Gasteiger charge is 2.29. The molecule has 0 amide bonds. The van der Waals surface area contributed by atoms with Gasteiger partial charge in [0.05, 0.1) is 24.5 Å². The number of hydrogen-bond acceptors (Lipinski definition) is 7. The number of benzene rings is 1. The van der Waals surface area contributed by atoms with Crippen LogP contribution in [0.4, 0.5) is 5.95 Å². The molecule has 0 bridgehead atoms. The zero-order valence-electron chi connectivity index (χ0n) is 16.3. The minimum atomic E-state index is -0.620. The number of morpholine rings is 1. The van der Waals surface area contributed by atoms with Gasteiger partial charge in [-0.2, -0.15) is 0 Å². The average Bonchev–Trinajstić information content (AvgIpc) is 2.75. The van der Waals surface area contributed by atoms with Gasteiger partial charge in [-0.15, -0.1) is 0 Å². The summed E-state index contributed by atoms with van der Waals surface area (Å²) >= 11 is 0. The molecule has 0 spiro atoms. The molecule has 3 aromatic rings. The highest BCUT2D eigenvalue weighted by atomic mass is 16.5. The molecule has 148 valence electrons. The Morgan fingerprint density at radius 3 is 2.83 bits per heavy atom. The third kappa shape index (κ3) is 3.93. The molecular formula is C21H21N5O3. The van der Waals surface area contributed by atoms with Gasteiger partial charge in [0.2, 0.25) is 5.95 Å². The second-order valence-electron chi connectivity index (χ2n) is 6.97. The van der Waals surface area contributed by atoms with Crippen LogP contribution in [0.2, 0.25) is 0 Å². The second-order valence-corrected chi connectivity index (χ2v) is 6.97. The number of ketones is 1. The summed E-state index contributed by atoms with van der Waals surface area (Å²) in [5, 5.41) is 0. The maximum atomic E-state index is 12.9. The van der Waals surface area contributed by atoms with Crippen molar-refractivity contribution in [1.82, 2.24) is 19.5 Å². The van der Waals surface area contributed by atoms with Gasteiger partial charge in [-0.05, 0) is 19.1 Å². The van der Waals surface area contributed by atoms with E-state index in [1.807, 2.05) is 30.0 Å². The number of carbonyl (C=O) groups excluding carboxylic acids is 1. The highest BCUT2D eigenvalue weighted by molar-refractivity contribution is 6.00. The van der Waals surface area contributed by atoms with E-state index in [4.69, 9.17) is 4.74 Å². The quantitative estimate of drug-likeness (QED) is 0.625. The maximum Gasteiger partial charge on any atom is 0.255 e. The summed E-state index contributed by atoms with van der Waals surface area (Å²) in [6, 6.07) is 10.6. The summed E-state index contributed by atoms with van der Waals surface area (Å²) in [6.45, 7) is 3.17. The van der Waals surface area contributed by atoms with Crippen molar-refractivity contribution in [1.29, 1.82) is 0 Å². The van der Waals surface area contributed by atoms with Crippen LogP contribution < -0.4 is 10.5 Å². The molecule has 8 nitrogen and oxygen atoms in total. The number of anilines is 1. The Labute approximate surface area is 167 Å². The van der Waals surface area contributed by atoms with Crippen LogP contribution in [-0.2, 0) is 11.8 Å². The number of Topliss-reactive ketones (excluding diaryl/α,β-unsaturated/α-hetero) is 1. The van der Waals surface area contributed by atoms with Crippen LogP contribution in [0.3, 0.4) is 0 Å². The molecule has 0 radical (unpaired) electrons. The molecule has 1 unspecified atom stereocenters. The molecule has 1 fully saturated rings. The van der Waals surface area contributed by atoms with Crippen molar-refractivity contribution >= 4 is 11.7 Å². The Balaban J connectivity index is 1.64. The summed E-state index contributed by atoms with van der Waals surface area (Å²) in [6.07, 6.45) is 2.40. The van der Waals surface area contributed by atoms with E-state index in [2.05, 4.69) is 15.0 Å². The lowest BCUT2D eigenvalue weighted by Gasteiger charge is -2.33. The number of hydrogen-bond donors (Lipinski definition) is 0. The number of ether oxygens (including phenoxy) is 1. The molecule has 1 atom stereocenters. The van der Waals surface area contributed by atoms with E-state index in [0.717, 1.165) is 5.56 Å². The van der Waals surface area contributed by atoms with Gasteiger partial charge >= 0.3 is 0 Å². The van der Waals surface area contributed by atoms with Gasteiger partial charge in [0.15, 0.2) is 5.78 Å². The third-order valence-corrected chi connectivity index (χ3v) is 4.90. The first kappa shape index (κ1) is 18.9. The van der Waals surface area contributed by atoms with Gasteiger partial charge in [0.1, 0.15) is 12.4 Å². The van der Waals surface area contributed by atoms with Crippen LogP contribution in [0.1, 0.15) is 15.9 Å². The van der Waals surface area contributed by atoms with Crippen LogP contribution in [0, 0.1) is 6.92 Å². The Kier molecular flexibility index (Phi) is 5.18. The first-order chi connectivity index (χ1) is 14.0. The van der Waals surface area contributed by atoms with Crippen molar-refractivity contribution in [2.24, 2.45) is 7.05 Å². The molecule has 0 N–H and O–H groups in total. The van der Waals surface area contributed by atoms with Crippen molar-refractivity contribution in [2.75, 3.05) is 24.6 Å². The predicted molar refractivity (Wildman–Crippen MR) is 108 cm³/mol. The summed E-state index contributed by atoms with van der Waals surface area (Å²) in [7, 11) is 1.67. The van der Waals surface area contributed by atoms with Gasteiger partial charge in [0.25, 0.3) is 5.56 Å². The topological polar surface area (TPSA) is 90.2 Å². The highest BCUT2D eigenvalue weighted by Crippen LogP contribution is 2.20. The normalized spacial score (nSPS) is 16.6. The fourth-order valence-corrected chi connectivity index (χ4v) is 3.36. The van der Waals surface area contributed by atoms with Gasteiger partial charge in [0, 0.05) is 31.4 Å². The SMILES string of the molecule is Cc1cccc(C(=O)C2CN(c3nc(-c4ccncn4)cc(=O)n3C)CCO2)c1. The summed E-state index contributed by atoms with van der Waals surface area (Å²) in [5.41, 5.74) is 2.48. The minimum absolute atomic E-state index is 0.0737. The zero-order valence-corrected chi connectivity index (χ0v) is 16.3. The van der Waals surface area contributed by atoms with E-state index in [1.54, 1.807) is 25.4 Å². The number of carbonyl (C=O) groups is 1. The van der Waals surface area contributed by atoms with Crippen molar-refractivity contribution in [3.05, 3.63) is 70.4 Å². The molecule has 1 saturated heterocycles. The molecule has 8 heteroatoms. The second kappa shape index (κ2) is 7.92. The summed E-state index contributed by atoms with van der Waals surface area (Å²) in [5.74, 6) is 0.409. The van der Waals surface area contributed by atoms with E-state index >= 15 is 0 Å². The van der Waals surface area contributed by atoms with E-state index < -0.39 is 6.10 Å². The largest absolute Gasteiger partial charge is 0.366 e. The molecule has 1 aromatic carbocycles. The van der Waals surface area contributed by atoms with Gasteiger partial charge in [-0.25, -0.2) is 15.0 Å². The fourth-order valence-electron chi connectivity index (χ4n) is 3.36. The smallest absolute Gasteiger partial charge is 0.255 e. The van der Waals surface area contributed by atoms with Crippen LogP contribution in [0.15, 0.2) is 53.7 Å². The van der Waals surface area contributed by atoms with Gasteiger partial charge in [-0.1, -0.05) is 23.8 Å². The summed E-state index contributed by atoms with van der Waals surface area (Å²) < 4.78 is 7.22. The van der Waals surface area contributed by atoms with Crippen LogP contribution >= 0.6 is 0 Å². The Morgan fingerprint density at radius 1 is 1.21 bits per heavy atom. The van der Waals surface area contributed by atoms with Crippen molar-refractivity contribution in [3.63, 3.8) is 0 Å². The molecule has 1 aliphatic rings. The van der Waals surface area contributed by atoms with Crippen LogP contribution in [0.5, 0.6) is 0 Å². The molecule has 3 heterocycles. The predicted octanol–water partition coefficient (Wildman–Crippen LogP) is 1.63. The molecule has 1 aliphatic heterocycles. The fraction of sp³-hybridized carbons (Fsp3) is 0.286. The summed E-state index contributed by atoms with van der Waals surface area (Å²) in [4.78, 5) is 40.0. The lowest BCUT2D eigenvalue weighted by atomic mass is 10.0. The molecule has 0 aliphatic carbocycles. The first-order valence-corrected chi connectivity index (χ1v) is 9.35. The number of nitrogens with zero attached hydrogens (tertiary/aromatic N) is 5. The Hall–Kier alpha value is -3.39. The first-order valence-electron chi connectivity index (χ1n) is 9.35. The van der Waals surface area contributed by atoms with E-state index in [9.17, 15) is 9.59 Å². The van der Waals surface area contributed by atoms with E-state index in [0.29, 0.717) is 42.6 Å². The lowest BCUT2D eigenvalue weighted by molar-refractivity contribution is 0.0336. The number of aryl methyl sites for hydroxylation is 1. The van der Waals surface area contributed by atoms with Crippen molar-refractivity contribution < 1.29 is 9.53 Å². The van der Waals surface area contributed by atoms with Crippen LogP contribution in [-0.4, -0.2) is 51.1 Å². The van der Waals surface area contributed by atoms with Crippen LogP contribution in [0.25, 0.3) is 11.4 Å². The zero-order chi connectivity index (χ0) is 20.4. The lowest BCUT2D eigenvalue weighted by Crippen LogP contribution is -2.48. The van der Waals surface area contributed by atoms with E-state index in [1.165, 1.54) is 17.0 Å². The van der Waals surface area contributed by atoms with Crippen molar-refractivity contribution in [3.8, 4) is 11.4 Å². The molecule has 4 rings (SSSR count). The maximum absolute atomic E-state index is 12.9. The molecular weight excluding hydrogens is 370 g/mol. The standard InChI is InChI=1S/C21H21N5O3/c1-14-4-3-5-15(10-14)20(28)18-12-26(8-9-29-18)21-24-17(11-19(27)25(21)2)16-6-7-22-13-23-16/h3-7,10-11,13,18H,8-9,12H2,1-2H3. The van der Waals surface area contributed by atoms with Gasteiger partial charge in [-0.3, -0.25) is 14.2 Å². The van der Waals surface area contributed by atoms with Gasteiger partial charge < -0.3 is 9.64 Å². The Morgan fingerprint density at radius 2 is 2.07 bits per heavy atom. The van der Waals surface area contributed by atoms with E-state index in [-0.39, 0.29) is 11.3 Å². The average molecular weight is 391 g/mol. The molecule has 29 heavy (non-hydrogen) atoms.